The summed E-state index contributed by atoms with van der Waals surface area (Å²) in [7, 11) is 0. The average Bonchev–Trinajstić information content (AvgIpc) is 2.77. The first-order valence-electron chi connectivity index (χ1n) is 8.98. The molecule has 0 amide bonds. The Balaban J connectivity index is 1.67. The SMILES string of the molecule is O=C(COc1ccccc1)n1c(COc2ccccc2)nc2ncccc2c1=O. The lowest BCUT2D eigenvalue weighted by Crippen LogP contribution is -2.35. The number of hydrogen-bond acceptors (Lipinski definition) is 6. The predicted octanol–water partition coefficient (Wildman–Crippen LogP) is 3.09. The number of benzene rings is 2. The topological polar surface area (TPSA) is 83.3 Å². The minimum atomic E-state index is -0.538. The second-order valence-electron chi connectivity index (χ2n) is 6.14. The molecule has 0 saturated carbocycles. The van der Waals surface area contributed by atoms with E-state index in [9.17, 15) is 9.59 Å². The summed E-state index contributed by atoms with van der Waals surface area (Å²) in [5.74, 6) is 0.754. The van der Waals surface area contributed by atoms with Gasteiger partial charge in [0.1, 0.15) is 18.1 Å². The van der Waals surface area contributed by atoms with Gasteiger partial charge in [-0.1, -0.05) is 36.4 Å². The van der Waals surface area contributed by atoms with E-state index in [0.717, 1.165) is 4.57 Å². The summed E-state index contributed by atoms with van der Waals surface area (Å²) in [6, 6.07) is 21.2. The van der Waals surface area contributed by atoms with Crippen molar-refractivity contribution >= 4 is 16.9 Å². The molecular formula is C22H17N3O4. The van der Waals surface area contributed by atoms with E-state index in [-0.39, 0.29) is 30.1 Å². The highest BCUT2D eigenvalue weighted by molar-refractivity contribution is 5.84. The van der Waals surface area contributed by atoms with Crippen LogP contribution in [0.2, 0.25) is 0 Å². The van der Waals surface area contributed by atoms with Crippen LogP contribution in [0.15, 0.2) is 83.8 Å². The van der Waals surface area contributed by atoms with E-state index in [1.807, 2.05) is 24.3 Å². The van der Waals surface area contributed by atoms with Crippen LogP contribution >= 0.6 is 0 Å². The second-order valence-corrected chi connectivity index (χ2v) is 6.14. The summed E-state index contributed by atoms with van der Waals surface area (Å²) in [6.07, 6.45) is 1.54. The fourth-order valence-electron chi connectivity index (χ4n) is 2.81. The number of fused-ring (bicyclic) bond motifs is 1. The smallest absolute Gasteiger partial charge is 0.273 e. The van der Waals surface area contributed by atoms with Crippen LogP contribution in [-0.2, 0) is 6.61 Å². The molecule has 0 bridgehead atoms. The van der Waals surface area contributed by atoms with E-state index >= 15 is 0 Å². The molecule has 0 aliphatic rings. The molecule has 0 N–H and O–H groups in total. The van der Waals surface area contributed by atoms with Crippen molar-refractivity contribution in [3.8, 4) is 11.5 Å². The molecule has 29 heavy (non-hydrogen) atoms. The fourth-order valence-corrected chi connectivity index (χ4v) is 2.81. The molecule has 0 fully saturated rings. The van der Waals surface area contributed by atoms with Gasteiger partial charge in [-0.25, -0.2) is 14.5 Å². The van der Waals surface area contributed by atoms with Crippen LogP contribution in [0.25, 0.3) is 11.0 Å². The van der Waals surface area contributed by atoms with Crippen LogP contribution in [0, 0.1) is 0 Å². The Hall–Kier alpha value is -4.00. The third kappa shape index (κ3) is 4.14. The molecule has 0 spiro atoms. The van der Waals surface area contributed by atoms with Crippen LogP contribution in [0.3, 0.4) is 0 Å². The van der Waals surface area contributed by atoms with E-state index in [0.29, 0.717) is 11.5 Å². The molecule has 2 heterocycles. The molecule has 2 aromatic carbocycles. The van der Waals surface area contributed by atoms with Crippen LogP contribution in [0.5, 0.6) is 11.5 Å². The number of hydrogen-bond donors (Lipinski definition) is 0. The first-order valence-corrected chi connectivity index (χ1v) is 8.98. The fraction of sp³-hybridized carbons (Fsp3) is 0.0909. The number of aromatic nitrogens is 3. The van der Waals surface area contributed by atoms with Crippen LogP contribution < -0.4 is 15.0 Å². The summed E-state index contributed by atoms with van der Waals surface area (Å²) in [4.78, 5) is 34.3. The number of carbonyl (C=O) groups is 1. The zero-order chi connectivity index (χ0) is 20.1. The summed E-state index contributed by atoms with van der Waals surface area (Å²) in [5, 5.41) is 0.254. The zero-order valence-corrected chi connectivity index (χ0v) is 15.4. The summed E-state index contributed by atoms with van der Waals surface area (Å²) < 4.78 is 12.2. The normalized spacial score (nSPS) is 10.6. The number of nitrogens with zero attached hydrogens (tertiary/aromatic N) is 3. The number of carbonyl (C=O) groups excluding carboxylic acids is 1. The van der Waals surface area contributed by atoms with E-state index in [1.165, 1.54) is 0 Å². The van der Waals surface area contributed by atoms with Crippen molar-refractivity contribution in [2.45, 2.75) is 6.61 Å². The maximum atomic E-state index is 13.0. The Labute approximate surface area is 166 Å². The third-order valence-corrected chi connectivity index (χ3v) is 4.18. The Bertz CT molecular complexity index is 1190. The van der Waals surface area contributed by atoms with Gasteiger partial charge in [-0.15, -0.1) is 0 Å². The highest BCUT2D eigenvalue weighted by Crippen LogP contribution is 2.13. The lowest BCUT2D eigenvalue weighted by Gasteiger charge is -2.13. The Morgan fingerprint density at radius 1 is 0.862 bits per heavy atom. The lowest BCUT2D eigenvalue weighted by molar-refractivity contribution is 0.0822. The standard InChI is InChI=1S/C22H17N3O4/c26-20(15-29-17-10-5-2-6-11-17)25-19(14-28-16-8-3-1-4-9-16)24-21-18(22(25)27)12-7-13-23-21/h1-13H,14-15H2. The van der Waals surface area contributed by atoms with Gasteiger partial charge in [-0.3, -0.25) is 9.59 Å². The van der Waals surface area contributed by atoms with Crippen molar-refractivity contribution in [2.75, 3.05) is 6.61 Å². The number of ether oxygens (including phenoxy) is 2. The van der Waals surface area contributed by atoms with Crippen molar-refractivity contribution in [2.24, 2.45) is 0 Å². The Kier molecular flexibility index (Phi) is 5.29. The summed E-state index contributed by atoms with van der Waals surface area (Å²) >= 11 is 0. The number of para-hydroxylation sites is 2. The highest BCUT2D eigenvalue weighted by Gasteiger charge is 2.18. The van der Waals surface area contributed by atoms with Crippen LogP contribution in [0.4, 0.5) is 0 Å². The highest BCUT2D eigenvalue weighted by atomic mass is 16.5. The summed E-state index contributed by atoms with van der Waals surface area (Å²) in [6.45, 7) is -0.376. The quantitative estimate of drug-likeness (QED) is 0.506. The average molecular weight is 387 g/mol. The molecule has 0 atom stereocenters. The summed E-state index contributed by atoms with van der Waals surface area (Å²) in [5.41, 5.74) is -0.242. The molecule has 0 aliphatic heterocycles. The van der Waals surface area contributed by atoms with E-state index in [4.69, 9.17) is 9.47 Å². The van der Waals surface area contributed by atoms with Crippen LogP contribution in [0.1, 0.15) is 10.6 Å². The molecule has 4 rings (SSSR count). The monoisotopic (exact) mass is 387 g/mol. The number of pyridine rings is 1. The van der Waals surface area contributed by atoms with E-state index < -0.39 is 11.5 Å². The third-order valence-electron chi connectivity index (χ3n) is 4.18. The first-order chi connectivity index (χ1) is 14.2. The molecule has 4 aromatic rings. The molecule has 0 radical (unpaired) electrons. The van der Waals surface area contributed by atoms with E-state index in [2.05, 4.69) is 9.97 Å². The van der Waals surface area contributed by atoms with Crippen molar-refractivity contribution < 1.29 is 14.3 Å². The van der Waals surface area contributed by atoms with Gasteiger partial charge in [-0.2, -0.15) is 0 Å². The molecule has 0 aliphatic carbocycles. The van der Waals surface area contributed by atoms with Crippen molar-refractivity contribution in [1.29, 1.82) is 0 Å². The van der Waals surface area contributed by atoms with Gasteiger partial charge in [-0.05, 0) is 36.4 Å². The molecule has 2 aromatic heterocycles. The van der Waals surface area contributed by atoms with Crippen molar-refractivity contribution in [1.82, 2.24) is 14.5 Å². The first kappa shape index (κ1) is 18.4. The minimum Gasteiger partial charge on any atom is -0.486 e. The Morgan fingerprint density at radius 3 is 2.21 bits per heavy atom. The maximum absolute atomic E-state index is 13.0. The van der Waals surface area contributed by atoms with Gasteiger partial charge in [0.15, 0.2) is 18.1 Å². The van der Waals surface area contributed by atoms with Gasteiger partial charge in [0.2, 0.25) is 0 Å². The Morgan fingerprint density at radius 2 is 1.52 bits per heavy atom. The largest absolute Gasteiger partial charge is 0.486 e. The second kappa shape index (κ2) is 8.35. The van der Waals surface area contributed by atoms with Crippen molar-refractivity contribution in [3.05, 3.63) is 95.2 Å². The zero-order valence-electron chi connectivity index (χ0n) is 15.4. The van der Waals surface area contributed by atoms with Gasteiger partial charge >= 0.3 is 0 Å². The molecule has 144 valence electrons. The van der Waals surface area contributed by atoms with Gasteiger partial charge in [0.25, 0.3) is 11.5 Å². The van der Waals surface area contributed by atoms with Crippen molar-refractivity contribution in [3.63, 3.8) is 0 Å². The van der Waals surface area contributed by atoms with Gasteiger partial charge in [0.05, 0.1) is 5.39 Å². The predicted molar refractivity (Wildman–Crippen MR) is 107 cm³/mol. The number of rotatable bonds is 6. The van der Waals surface area contributed by atoms with Gasteiger partial charge < -0.3 is 9.47 Å². The van der Waals surface area contributed by atoms with Gasteiger partial charge in [0, 0.05) is 6.20 Å². The maximum Gasteiger partial charge on any atom is 0.273 e. The molecule has 7 nitrogen and oxygen atoms in total. The van der Waals surface area contributed by atoms with Crippen LogP contribution in [-0.4, -0.2) is 27.0 Å². The minimum absolute atomic E-state index is 0.0666. The molecule has 0 unspecified atom stereocenters. The molecule has 0 saturated heterocycles. The molecule has 7 heteroatoms. The molecular weight excluding hydrogens is 370 g/mol. The van der Waals surface area contributed by atoms with E-state index in [1.54, 1.807) is 54.7 Å². The lowest BCUT2D eigenvalue weighted by atomic mass is 10.3.